The summed E-state index contributed by atoms with van der Waals surface area (Å²) in [6, 6.07) is 8.61. The van der Waals surface area contributed by atoms with Crippen LogP contribution in [-0.2, 0) is 11.3 Å². The Morgan fingerprint density at radius 2 is 1.91 bits per heavy atom. The summed E-state index contributed by atoms with van der Waals surface area (Å²) in [4.78, 5) is 14.7. The van der Waals surface area contributed by atoms with Gasteiger partial charge in [-0.05, 0) is 38.4 Å². The minimum Gasteiger partial charge on any atom is -0.327 e. The van der Waals surface area contributed by atoms with E-state index in [2.05, 4.69) is 23.3 Å². The maximum absolute atomic E-state index is 12.3. The Hall–Kier alpha value is -1.39. The number of carbonyl (C=O) groups excluding carboxylic acids is 1. The van der Waals surface area contributed by atoms with E-state index in [-0.39, 0.29) is 17.9 Å². The molecular weight excluding hydrogens is 286 g/mol. The molecule has 1 saturated carbocycles. The smallest absolute Gasteiger partial charge is 0.228 e. The number of carbonyl (C=O) groups is 1. The van der Waals surface area contributed by atoms with Crippen LogP contribution in [0.4, 0.5) is 5.69 Å². The van der Waals surface area contributed by atoms with Gasteiger partial charge in [0.15, 0.2) is 0 Å². The predicted molar refractivity (Wildman–Crippen MR) is 96.2 cm³/mol. The van der Waals surface area contributed by atoms with Gasteiger partial charge in [-0.2, -0.15) is 0 Å². The van der Waals surface area contributed by atoms with Crippen LogP contribution < -0.4 is 11.1 Å². The Morgan fingerprint density at radius 1 is 1.26 bits per heavy atom. The highest BCUT2D eigenvalue weighted by atomic mass is 16.1. The topological polar surface area (TPSA) is 58.4 Å². The molecule has 2 rings (SSSR count). The summed E-state index contributed by atoms with van der Waals surface area (Å²) < 4.78 is 0. The van der Waals surface area contributed by atoms with Crippen LogP contribution in [0.15, 0.2) is 24.3 Å². The first kappa shape index (κ1) is 18.0. The average molecular weight is 317 g/mol. The van der Waals surface area contributed by atoms with Gasteiger partial charge in [0.2, 0.25) is 5.91 Å². The molecule has 128 valence electrons. The minimum absolute atomic E-state index is 0.00669. The fourth-order valence-corrected chi connectivity index (χ4v) is 3.19. The molecule has 2 unspecified atom stereocenters. The molecule has 0 spiro atoms. The molecule has 2 atom stereocenters. The van der Waals surface area contributed by atoms with E-state index in [0.717, 1.165) is 12.2 Å². The van der Waals surface area contributed by atoms with E-state index in [4.69, 9.17) is 5.73 Å². The largest absolute Gasteiger partial charge is 0.327 e. The van der Waals surface area contributed by atoms with Crippen LogP contribution in [0.5, 0.6) is 0 Å². The Labute approximate surface area is 140 Å². The number of rotatable bonds is 6. The van der Waals surface area contributed by atoms with E-state index in [0.29, 0.717) is 6.04 Å². The third kappa shape index (κ3) is 5.05. The molecule has 0 radical (unpaired) electrons. The molecule has 1 fully saturated rings. The number of hydrogen-bond donors (Lipinski definition) is 2. The third-order valence-corrected chi connectivity index (χ3v) is 5.10. The summed E-state index contributed by atoms with van der Waals surface area (Å²) in [7, 11) is 2.19. The molecule has 1 aliphatic rings. The number of anilines is 1. The highest BCUT2D eigenvalue weighted by Gasteiger charge is 2.21. The summed E-state index contributed by atoms with van der Waals surface area (Å²) in [5, 5.41) is 3.05. The molecule has 4 nitrogen and oxygen atoms in total. The normalized spacial score (nSPS) is 18.7. The Kier molecular flexibility index (Phi) is 6.60. The molecule has 0 heterocycles. The fourth-order valence-electron chi connectivity index (χ4n) is 3.19. The van der Waals surface area contributed by atoms with Gasteiger partial charge in [0, 0.05) is 24.3 Å². The van der Waals surface area contributed by atoms with Gasteiger partial charge in [0.25, 0.3) is 0 Å². The fraction of sp³-hybridized carbons (Fsp3) is 0.632. The second-order valence-corrected chi connectivity index (χ2v) is 7.00. The Morgan fingerprint density at radius 3 is 2.57 bits per heavy atom. The van der Waals surface area contributed by atoms with Gasteiger partial charge in [-0.3, -0.25) is 9.69 Å². The lowest BCUT2D eigenvalue weighted by atomic mass is 9.94. The molecule has 0 bridgehead atoms. The zero-order valence-electron chi connectivity index (χ0n) is 14.7. The zero-order valence-corrected chi connectivity index (χ0v) is 14.7. The van der Waals surface area contributed by atoms with Crippen molar-refractivity contribution >= 4 is 11.6 Å². The second kappa shape index (κ2) is 8.46. The lowest BCUT2D eigenvalue weighted by Crippen LogP contribution is -2.35. The van der Waals surface area contributed by atoms with Crippen molar-refractivity contribution < 1.29 is 4.79 Å². The summed E-state index contributed by atoms with van der Waals surface area (Å²) in [6.07, 6.45) is 6.60. The highest BCUT2D eigenvalue weighted by Crippen LogP contribution is 2.25. The van der Waals surface area contributed by atoms with Crippen LogP contribution >= 0.6 is 0 Å². The number of para-hydroxylation sites is 1. The zero-order chi connectivity index (χ0) is 16.8. The van der Waals surface area contributed by atoms with Crippen LogP contribution in [-0.4, -0.2) is 29.9 Å². The lowest BCUT2D eigenvalue weighted by Gasteiger charge is -2.31. The van der Waals surface area contributed by atoms with Crippen LogP contribution in [0, 0.1) is 5.92 Å². The first-order chi connectivity index (χ1) is 11.0. The van der Waals surface area contributed by atoms with Crippen molar-refractivity contribution in [3.8, 4) is 0 Å². The number of nitrogens with zero attached hydrogens (tertiary/aromatic N) is 1. The van der Waals surface area contributed by atoms with Crippen molar-refractivity contribution in [2.45, 2.75) is 64.6 Å². The molecule has 0 saturated heterocycles. The number of amides is 1. The molecule has 3 N–H and O–H groups in total. The van der Waals surface area contributed by atoms with Crippen molar-refractivity contribution in [2.75, 3.05) is 12.4 Å². The number of hydrogen-bond acceptors (Lipinski definition) is 3. The first-order valence-electron chi connectivity index (χ1n) is 8.83. The molecule has 1 aromatic rings. The van der Waals surface area contributed by atoms with Gasteiger partial charge in [0.05, 0.1) is 5.92 Å². The van der Waals surface area contributed by atoms with Crippen molar-refractivity contribution in [1.29, 1.82) is 0 Å². The van der Waals surface area contributed by atoms with Crippen LogP contribution in [0.25, 0.3) is 0 Å². The van der Waals surface area contributed by atoms with Gasteiger partial charge < -0.3 is 11.1 Å². The first-order valence-corrected chi connectivity index (χ1v) is 8.83. The summed E-state index contributed by atoms with van der Waals surface area (Å²) in [6.45, 7) is 4.61. The number of nitrogens with two attached hydrogens (primary N) is 1. The van der Waals surface area contributed by atoms with Crippen molar-refractivity contribution in [3.63, 3.8) is 0 Å². The molecule has 4 heteroatoms. The molecular formula is C19H31N3O. The van der Waals surface area contributed by atoms with Crippen molar-refractivity contribution in [1.82, 2.24) is 4.90 Å². The van der Waals surface area contributed by atoms with Gasteiger partial charge in [0.1, 0.15) is 0 Å². The van der Waals surface area contributed by atoms with Crippen LogP contribution in [0.2, 0.25) is 0 Å². The van der Waals surface area contributed by atoms with E-state index < -0.39 is 0 Å². The van der Waals surface area contributed by atoms with Gasteiger partial charge >= 0.3 is 0 Å². The van der Waals surface area contributed by atoms with Crippen LogP contribution in [0.1, 0.15) is 51.5 Å². The molecule has 0 aliphatic heterocycles. The molecule has 1 aromatic carbocycles. The van der Waals surface area contributed by atoms with Crippen LogP contribution in [0.3, 0.4) is 0 Å². The minimum atomic E-state index is -0.195. The summed E-state index contributed by atoms with van der Waals surface area (Å²) >= 11 is 0. The van der Waals surface area contributed by atoms with Gasteiger partial charge in [-0.25, -0.2) is 0 Å². The van der Waals surface area contributed by atoms with E-state index in [1.54, 1.807) is 0 Å². The van der Waals surface area contributed by atoms with Gasteiger partial charge in [-0.1, -0.05) is 44.4 Å². The highest BCUT2D eigenvalue weighted by molar-refractivity contribution is 5.93. The van der Waals surface area contributed by atoms with E-state index in [1.807, 2.05) is 32.0 Å². The molecule has 23 heavy (non-hydrogen) atoms. The van der Waals surface area contributed by atoms with E-state index in [1.165, 1.54) is 37.7 Å². The SMILES string of the molecule is CC(N)C(C)C(=O)Nc1ccccc1CN(C)C1CCCCC1. The van der Waals surface area contributed by atoms with Crippen molar-refractivity contribution in [2.24, 2.45) is 11.7 Å². The summed E-state index contributed by atoms with van der Waals surface area (Å²) in [5.41, 5.74) is 7.92. The Bertz CT molecular complexity index is 509. The van der Waals surface area contributed by atoms with Crippen molar-refractivity contribution in [3.05, 3.63) is 29.8 Å². The third-order valence-electron chi connectivity index (χ3n) is 5.10. The number of benzene rings is 1. The molecule has 1 aliphatic carbocycles. The summed E-state index contributed by atoms with van der Waals surface area (Å²) in [5.74, 6) is -0.202. The average Bonchev–Trinajstić information content (AvgIpc) is 2.56. The molecule has 1 amide bonds. The van der Waals surface area contributed by atoms with E-state index >= 15 is 0 Å². The predicted octanol–water partition coefficient (Wildman–Crippen LogP) is 3.37. The lowest BCUT2D eigenvalue weighted by molar-refractivity contribution is -0.119. The van der Waals surface area contributed by atoms with E-state index in [9.17, 15) is 4.79 Å². The second-order valence-electron chi connectivity index (χ2n) is 7.00. The monoisotopic (exact) mass is 317 g/mol. The molecule has 0 aromatic heterocycles. The maximum Gasteiger partial charge on any atom is 0.228 e. The maximum atomic E-state index is 12.3. The standard InChI is InChI=1S/C19H31N3O/c1-14(15(2)20)19(23)21-18-12-8-7-9-16(18)13-22(3)17-10-5-4-6-11-17/h7-9,12,14-15,17H,4-6,10-11,13,20H2,1-3H3,(H,21,23). The van der Waals surface area contributed by atoms with Gasteiger partial charge in [-0.15, -0.1) is 0 Å². The Balaban J connectivity index is 2.03. The quantitative estimate of drug-likeness (QED) is 0.845. The number of nitrogens with one attached hydrogen (secondary N) is 1.